The molecule has 2 heterocycles. The highest BCUT2D eigenvalue weighted by Gasteiger charge is 2.33. The van der Waals surface area contributed by atoms with Crippen molar-refractivity contribution in [3.63, 3.8) is 0 Å². The number of hydrogen-bond acceptors (Lipinski definition) is 9. The Kier molecular flexibility index (Phi) is 9.82. The number of nitrogens with zero attached hydrogens (tertiary/aromatic N) is 2. The normalized spacial score (nSPS) is 15.1. The van der Waals surface area contributed by atoms with Gasteiger partial charge in [0, 0.05) is 25.7 Å². The SMILES string of the molecule is CC(C)c1cc(-c2onc(C(=O)N[C@@H](C(=O)OC(C)(C)C)C(C)C)c2-c2ccc(CN3CCOCC3)cc2)c(O)cc1O. The van der Waals surface area contributed by atoms with E-state index in [9.17, 15) is 19.8 Å². The Morgan fingerprint density at radius 2 is 1.67 bits per heavy atom. The maximum absolute atomic E-state index is 13.7. The van der Waals surface area contributed by atoms with Gasteiger partial charge < -0.3 is 29.5 Å². The van der Waals surface area contributed by atoms with E-state index in [1.807, 2.05) is 52.0 Å². The van der Waals surface area contributed by atoms with Crippen molar-refractivity contribution < 1.29 is 33.8 Å². The number of morpholine rings is 1. The van der Waals surface area contributed by atoms with Crippen LogP contribution in [-0.4, -0.2) is 70.1 Å². The zero-order valence-electron chi connectivity index (χ0n) is 26.1. The first-order valence-corrected chi connectivity index (χ1v) is 14.7. The number of rotatable bonds is 9. The van der Waals surface area contributed by atoms with Crippen molar-refractivity contribution in [2.24, 2.45) is 5.92 Å². The first-order valence-electron chi connectivity index (χ1n) is 14.7. The highest BCUT2D eigenvalue weighted by atomic mass is 16.6. The lowest BCUT2D eigenvalue weighted by atomic mass is 9.93. The molecule has 0 radical (unpaired) electrons. The summed E-state index contributed by atoms with van der Waals surface area (Å²) in [5, 5.41) is 28.2. The van der Waals surface area contributed by atoms with Gasteiger partial charge in [-0.2, -0.15) is 0 Å². The summed E-state index contributed by atoms with van der Waals surface area (Å²) in [4.78, 5) is 29.0. The Balaban J connectivity index is 1.76. The van der Waals surface area contributed by atoms with Crippen molar-refractivity contribution in [2.45, 2.75) is 72.6 Å². The summed E-state index contributed by atoms with van der Waals surface area (Å²) < 4.78 is 16.8. The van der Waals surface area contributed by atoms with Crippen LogP contribution in [0.3, 0.4) is 0 Å². The largest absolute Gasteiger partial charge is 0.508 e. The van der Waals surface area contributed by atoms with Crippen molar-refractivity contribution in [1.82, 2.24) is 15.4 Å². The minimum atomic E-state index is -0.926. The third-order valence-electron chi connectivity index (χ3n) is 7.29. The van der Waals surface area contributed by atoms with Crippen LogP contribution in [0.1, 0.15) is 76.0 Å². The molecule has 1 aromatic heterocycles. The van der Waals surface area contributed by atoms with Crippen LogP contribution < -0.4 is 5.32 Å². The molecule has 1 atom stereocenters. The fourth-order valence-corrected chi connectivity index (χ4v) is 5.00. The zero-order valence-corrected chi connectivity index (χ0v) is 26.1. The van der Waals surface area contributed by atoms with E-state index in [1.54, 1.807) is 26.8 Å². The molecule has 4 rings (SSSR count). The predicted octanol–water partition coefficient (Wildman–Crippen LogP) is 5.47. The molecule has 1 aliphatic rings. The number of ether oxygens (including phenoxy) is 2. The minimum absolute atomic E-state index is 0.0382. The molecule has 0 bridgehead atoms. The topological polar surface area (TPSA) is 134 Å². The Labute approximate surface area is 253 Å². The van der Waals surface area contributed by atoms with E-state index in [4.69, 9.17) is 14.0 Å². The standard InChI is InChI=1S/C33H43N3O7/c1-19(2)23-16-24(26(38)17-25(23)37)30-27(22-10-8-21(9-11-22)18-36-12-14-41-15-13-36)29(35-43-30)31(39)34-28(20(3)4)32(40)42-33(5,6)7/h8-11,16-17,19-20,28,37-38H,12-15,18H2,1-7H3,(H,34,39)/t28-/m1/s1. The summed E-state index contributed by atoms with van der Waals surface area (Å²) in [5.41, 5.74) is 2.22. The van der Waals surface area contributed by atoms with Crippen LogP contribution in [0.2, 0.25) is 0 Å². The lowest BCUT2D eigenvalue weighted by Crippen LogP contribution is -2.47. The average Bonchev–Trinajstić information content (AvgIpc) is 3.36. The third kappa shape index (κ3) is 7.74. The first-order chi connectivity index (χ1) is 20.2. The highest BCUT2D eigenvalue weighted by Crippen LogP contribution is 2.43. The summed E-state index contributed by atoms with van der Waals surface area (Å²) in [7, 11) is 0. The lowest BCUT2D eigenvalue weighted by molar-refractivity contribution is -0.158. The molecule has 3 N–H and O–H groups in total. The zero-order chi connectivity index (χ0) is 31.5. The molecular formula is C33H43N3O7. The number of carbonyl (C=O) groups is 2. The number of aromatic nitrogens is 1. The number of hydrogen-bond donors (Lipinski definition) is 3. The van der Waals surface area contributed by atoms with Gasteiger partial charge in [0.15, 0.2) is 11.5 Å². The van der Waals surface area contributed by atoms with Gasteiger partial charge in [0.05, 0.1) is 24.3 Å². The summed E-state index contributed by atoms with van der Waals surface area (Å²) in [6.45, 7) is 16.7. The van der Waals surface area contributed by atoms with Gasteiger partial charge in [0.2, 0.25) is 0 Å². The molecule has 0 aliphatic carbocycles. The average molecular weight is 594 g/mol. The maximum Gasteiger partial charge on any atom is 0.329 e. The fourth-order valence-electron chi connectivity index (χ4n) is 5.00. The molecule has 0 unspecified atom stereocenters. The smallest absolute Gasteiger partial charge is 0.329 e. The monoisotopic (exact) mass is 593 g/mol. The van der Waals surface area contributed by atoms with Crippen LogP contribution in [0, 0.1) is 5.92 Å². The molecule has 1 aliphatic heterocycles. The molecule has 232 valence electrons. The van der Waals surface area contributed by atoms with E-state index >= 15 is 0 Å². The van der Waals surface area contributed by atoms with E-state index in [2.05, 4.69) is 15.4 Å². The Morgan fingerprint density at radius 1 is 1.02 bits per heavy atom. The number of nitrogens with one attached hydrogen (secondary N) is 1. The number of esters is 1. The number of amides is 1. The van der Waals surface area contributed by atoms with Gasteiger partial charge in [-0.25, -0.2) is 4.79 Å². The highest BCUT2D eigenvalue weighted by molar-refractivity contribution is 6.04. The second-order valence-electron chi connectivity index (χ2n) is 12.6. The molecule has 10 nitrogen and oxygen atoms in total. The summed E-state index contributed by atoms with van der Waals surface area (Å²) in [6, 6.07) is 9.72. The van der Waals surface area contributed by atoms with E-state index in [1.165, 1.54) is 6.07 Å². The molecule has 10 heteroatoms. The number of aromatic hydroxyl groups is 2. The third-order valence-corrected chi connectivity index (χ3v) is 7.29. The van der Waals surface area contributed by atoms with Gasteiger partial charge in [0.25, 0.3) is 5.91 Å². The van der Waals surface area contributed by atoms with Crippen LogP contribution in [0.15, 0.2) is 40.9 Å². The first kappa shape index (κ1) is 32.0. The number of phenols is 2. The molecular weight excluding hydrogens is 550 g/mol. The summed E-state index contributed by atoms with van der Waals surface area (Å²) in [5.74, 6) is -1.56. The van der Waals surface area contributed by atoms with Gasteiger partial charge in [-0.05, 0) is 55.4 Å². The molecule has 0 saturated carbocycles. The Morgan fingerprint density at radius 3 is 2.26 bits per heavy atom. The summed E-state index contributed by atoms with van der Waals surface area (Å²) >= 11 is 0. The lowest BCUT2D eigenvalue weighted by Gasteiger charge is -2.26. The number of phenolic OH excluding ortho intramolecular Hbond substituents is 2. The van der Waals surface area contributed by atoms with Crippen LogP contribution in [-0.2, 0) is 20.8 Å². The van der Waals surface area contributed by atoms with E-state index in [0.29, 0.717) is 29.9 Å². The fraction of sp³-hybridized carbons (Fsp3) is 0.485. The van der Waals surface area contributed by atoms with E-state index in [0.717, 1.165) is 25.2 Å². The van der Waals surface area contributed by atoms with Crippen molar-refractivity contribution >= 4 is 11.9 Å². The molecule has 43 heavy (non-hydrogen) atoms. The molecule has 1 amide bonds. The van der Waals surface area contributed by atoms with Gasteiger partial charge in [-0.15, -0.1) is 0 Å². The van der Waals surface area contributed by atoms with Crippen LogP contribution in [0.5, 0.6) is 11.5 Å². The minimum Gasteiger partial charge on any atom is -0.508 e. The van der Waals surface area contributed by atoms with Crippen LogP contribution in [0.4, 0.5) is 0 Å². The predicted molar refractivity (Wildman–Crippen MR) is 163 cm³/mol. The van der Waals surface area contributed by atoms with Gasteiger partial charge in [-0.1, -0.05) is 57.1 Å². The quantitative estimate of drug-likeness (QED) is 0.276. The van der Waals surface area contributed by atoms with Crippen molar-refractivity contribution in [3.8, 4) is 33.9 Å². The molecule has 1 fully saturated rings. The molecule has 0 spiro atoms. The molecule has 1 saturated heterocycles. The molecule has 3 aromatic rings. The van der Waals surface area contributed by atoms with E-state index in [-0.39, 0.29) is 40.4 Å². The van der Waals surface area contributed by atoms with Crippen molar-refractivity contribution in [3.05, 3.63) is 53.2 Å². The maximum atomic E-state index is 13.7. The van der Waals surface area contributed by atoms with E-state index < -0.39 is 23.5 Å². The van der Waals surface area contributed by atoms with Gasteiger partial charge in [0.1, 0.15) is 23.1 Å². The van der Waals surface area contributed by atoms with Gasteiger partial charge in [-0.3, -0.25) is 9.69 Å². The second-order valence-corrected chi connectivity index (χ2v) is 12.6. The van der Waals surface area contributed by atoms with Crippen LogP contribution in [0.25, 0.3) is 22.5 Å². The van der Waals surface area contributed by atoms with Gasteiger partial charge >= 0.3 is 5.97 Å². The summed E-state index contributed by atoms with van der Waals surface area (Å²) in [6.07, 6.45) is 0. The number of carbonyl (C=O) groups excluding carboxylic acids is 2. The second kappa shape index (κ2) is 13.2. The van der Waals surface area contributed by atoms with Crippen LogP contribution >= 0.6 is 0 Å². The number of benzene rings is 2. The Hall–Kier alpha value is -3.89. The molecule has 2 aromatic carbocycles. The van der Waals surface area contributed by atoms with Crippen molar-refractivity contribution in [2.75, 3.05) is 26.3 Å². The van der Waals surface area contributed by atoms with Crippen molar-refractivity contribution in [1.29, 1.82) is 0 Å². The Bertz CT molecular complexity index is 1430.